The van der Waals surface area contributed by atoms with Crippen LogP contribution < -0.4 is 9.47 Å². The minimum atomic E-state index is -0.610. The van der Waals surface area contributed by atoms with Gasteiger partial charge in [0, 0.05) is 0 Å². The molecule has 0 saturated heterocycles. The first-order valence-corrected chi connectivity index (χ1v) is 9.31. The van der Waals surface area contributed by atoms with E-state index in [4.69, 9.17) is 9.47 Å². The zero-order chi connectivity index (χ0) is 21.5. The minimum absolute atomic E-state index is 0.0362. The molecule has 0 saturated carbocycles. The van der Waals surface area contributed by atoms with Crippen molar-refractivity contribution >= 4 is 17.7 Å². The summed E-state index contributed by atoms with van der Waals surface area (Å²) in [6.07, 6.45) is 0. The number of likely N-dealkylation sites (N-methyl/N-ethyl adjacent to an activating group) is 1. The van der Waals surface area contributed by atoms with Gasteiger partial charge in [-0.2, -0.15) is 0 Å². The van der Waals surface area contributed by atoms with E-state index < -0.39 is 11.9 Å². The normalized spacial score (nSPS) is 10.5. The second-order valence-corrected chi connectivity index (χ2v) is 6.80. The second-order valence-electron chi connectivity index (χ2n) is 6.80. The highest BCUT2D eigenvalue weighted by molar-refractivity contribution is 6.05. The summed E-state index contributed by atoms with van der Waals surface area (Å²) in [6, 6.07) is 21.5. The summed E-state index contributed by atoms with van der Waals surface area (Å²) >= 11 is 0. The third-order valence-corrected chi connectivity index (χ3v) is 4.15. The lowest BCUT2D eigenvalue weighted by Crippen LogP contribution is -2.24. The third kappa shape index (κ3) is 5.18. The van der Waals surface area contributed by atoms with Crippen LogP contribution in [0.4, 0.5) is 0 Å². The lowest BCUT2D eigenvalue weighted by Gasteiger charge is -2.16. The molecule has 0 atom stereocenters. The topological polar surface area (TPSA) is 72.9 Å². The van der Waals surface area contributed by atoms with Crippen molar-refractivity contribution in [1.82, 2.24) is 4.90 Å². The third-order valence-electron chi connectivity index (χ3n) is 4.15. The number of nitrogens with zero attached hydrogens (tertiary/aromatic N) is 1. The highest BCUT2D eigenvalue weighted by Crippen LogP contribution is 2.30. The van der Waals surface area contributed by atoms with Gasteiger partial charge in [-0.1, -0.05) is 42.5 Å². The Kier molecular flexibility index (Phi) is 6.72. The number of Topliss-reactive ketones (excluding diaryl/α,β-unsaturated/α-hetero) is 1. The number of carbonyl (C=O) groups excluding carboxylic acids is 3. The Morgan fingerprint density at radius 2 is 1.10 bits per heavy atom. The Bertz CT molecular complexity index is 974. The van der Waals surface area contributed by atoms with E-state index in [1.165, 1.54) is 12.1 Å². The maximum atomic E-state index is 12.9. The number of ether oxygens (including phenoxy) is 2. The molecule has 0 aromatic heterocycles. The van der Waals surface area contributed by atoms with Crippen LogP contribution in [-0.2, 0) is 0 Å². The van der Waals surface area contributed by atoms with Crippen molar-refractivity contribution in [3.8, 4) is 11.5 Å². The van der Waals surface area contributed by atoms with Crippen LogP contribution in [0.2, 0.25) is 0 Å². The standard InChI is InChI=1S/C24H21NO5/c1-25(2)16-19(26)22-20(29-23(27)17-10-5-3-6-11-17)14-9-15-21(22)30-24(28)18-12-7-4-8-13-18/h3-15H,16H2,1-2H3. The van der Waals surface area contributed by atoms with E-state index in [9.17, 15) is 14.4 Å². The Hall–Kier alpha value is -3.77. The predicted molar refractivity (Wildman–Crippen MR) is 112 cm³/mol. The molecule has 0 unspecified atom stereocenters. The molecule has 0 radical (unpaired) electrons. The first kappa shape index (κ1) is 21.0. The molecule has 0 N–H and O–H groups in total. The molecule has 0 fully saturated rings. The number of esters is 2. The molecule has 0 spiro atoms. The van der Waals surface area contributed by atoms with Crippen LogP contribution in [0, 0.1) is 0 Å². The smallest absolute Gasteiger partial charge is 0.343 e. The van der Waals surface area contributed by atoms with Gasteiger partial charge in [0.25, 0.3) is 0 Å². The van der Waals surface area contributed by atoms with Crippen molar-refractivity contribution in [3.05, 3.63) is 95.6 Å². The summed E-state index contributed by atoms with van der Waals surface area (Å²) in [5, 5.41) is 0. The fourth-order valence-corrected chi connectivity index (χ4v) is 2.79. The van der Waals surface area contributed by atoms with Gasteiger partial charge in [0.1, 0.15) is 17.1 Å². The second kappa shape index (κ2) is 9.62. The van der Waals surface area contributed by atoms with Gasteiger partial charge in [-0.05, 0) is 50.5 Å². The quantitative estimate of drug-likeness (QED) is 0.339. The van der Waals surface area contributed by atoms with Crippen LogP contribution in [0.25, 0.3) is 0 Å². The molecule has 6 heteroatoms. The van der Waals surface area contributed by atoms with E-state index in [1.54, 1.807) is 85.7 Å². The molecule has 0 heterocycles. The molecule has 6 nitrogen and oxygen atoms in total. The summed E-state index contributed by atoms with van der Waals surface area (Å²) in [4.78, 5) is 39.6. The summed E-state index contributed by atoms with van der Waals surface area (Å²) in [6.45, 7) is 0.0514. The van der Waals surface area contributed by atoms with E-state index in [0.717, 1.165) is 0 Å². The maximum Gasteiger partial charge on any atom is 0.343 e. The number of ketones is 1. The van der Waals surface area contributed by atoms with Crippen LogP contribution in [-0.4, -0.2) is 43.3 Å². The molecule has 3 aromatic carbocycles. The van der Waals surface area contributed by atoms with Crippen LogP contribution in [0.15, 0.2) is 78.9 Å². The lowest BCUT2D eigenvalue weighted by molar-refractivity contribution is 0.0727. The molecular formula is C24H21NO5. The summed E-state index contributed by atoms with van der Waals surface area (Å²) in [5.41, 5.74) is 0.727. The summed E-state index contributed by atoms with van der Waals surface area (Å²) in [7, 11) is 3.48. The number of hydrogen-bond donors (Lipinski definition) is 0. The fourth-order valence-electron chi connectivity index (χ4n) is 2.79. The van der Waals surface area contributed by atoms with Crippen LogP contribution >= 0.6 is 0 Å². The molecule has 152 valence electrons. The minimum Gasteiger partial charge on any atom is -0.422 e. The molecule has 3 rings (SSSR count). The molecule has 0 aliphatic heterocycles. The fraction of sp³-hybridized carbons (Fsp3) is 0.125. The number of hydrogen-bond acceptors (Lipinski definition) is 6. The van der Waals surface area contributed by atoms with Crippen LogP contribution in [0.5, 0.6) is 11.5 Å². The van der Waals surface area contributed by atoms with Crippen molar-refractivity contribution in [2.75, 3.05) is 20.6 Å². The largest absolute Gasteiger partial charge is 0.422 e. The number of carbonyl (C=O) groups is 3. The van der Waals surface area contributed by atoms with Crippen molar-refractivity contribution in [3.63, 3.8) is 0 Å². The lowest BCUT2D eigenvalue weighted by atomic mass is 10.1. The van der Waals surface area contributed by atoms with Gasteiger partial charge >= 0.3 is 11.9 Å². The monoisotopic (exact) mass is 403 g/mol. The first-order valence-electron chi connectivity index (χ1n) is 9.31. The van der Waals surface area contributed by atoms with Gasteiger partial charge in [-0.3, -0.25) is 4.79 Å². The Morgan fingerprint density at radius 3 is 1.50 bits per heavy atom. The Labute approximate surface area is 174 Å². The van der Waals surface area contributed by atoms with E-state index >= 15 is 0 Å². The van der Waals surface area contributed by atoms with E-state index in [0.29, 0.717) is 11.1 Å². The van der Waals surface area contributed by atoms with Crippen LogP contribution in [0.3, 0.4) is 0 Å². The zero-order valence-electron chi connectivity index (χ0n) is 16.7. The molecule has 3 aromatic rings. The summed E-state index contributed by atoms with van der Waals surface area (Å²) in [5.74, 6) is -1.49. The van der Waals surface area contributed by atoms with Crippen molar-refractivity contribution in [1.29, 1.82) is 0 Å². The first-order chi connectivity index (χ1) is 14.5. The van der Waals surface area contributed by atoms with Gasteiger partial charge in [0.05, 0.1) is 17.7 Å². The maximum absolute atomic E-state index is 12.9. The van der Waals surface area contributed by atoms with Crippen molar-refractivity contribution < 1.29 is 23.9 Å². The van der Waals surface area contributed by atoms with Crippen LogP contribution in [0.1, 0.15) is 31.1 Å². The highest BCUT2D eigenvalue weighted by Gasteiger charge is 2.23. The molecule has 30 heavy (non-hydrogen) atoms. The number of rotatable bonds is 7. The molecule has 0 amide bonds. The molecular weight excluding hydrogens is 382 g/mol. The molecule has 0 aliphatic rings. The predicted octanol–water partition coefficient (Wildman–Crippen LogP) is 3.87. The zero-order valence-corrected chi connectivity index (χ0v) is 16.7. The van der Waals surface area contributed by atoms with Gasteiger partial charge in [0.2, 0.25) is 0 Å². The Morgan fingerprint density at radius 1 is 0.667 bits per heavy atom. The average Bonchev–Trinajstić information content (AvgIpc) is 2.74. The molecule has 0 bridgehead atoms. The van der Waals surface area contributed by atoms with E-state index in [1.807, 2.05) is 0 Å². The summed E-state index contributed by atoms with van der Waals surface area (Å²) < 4.78 is 11.0. The average molecular weight is 403 g/mol. The van der Waals surface area contributed by atoms with Gasteiger partial charge in [-0.15, -0.1) is 0 Å². The SMILES string of the molecule is CN(C)CC(=O)c1c(OC(=O)c2ccccc2)cccc1OC(=O)c1ccccc1. The molecule has 0 aliphatic carbocycles. The van der Waals surface area contributed by atoms with Gasteiger partial charge < -0.3 is 14.4 Å². The van der Waals surface area contributed by atoms with Crippen molar-refractivity contribution in [2.45, 2.75) is 0 Å². The Balaban J connectivity index is 1.95. The van der Waals surface area contributed by atoms with E-state index in [-0.39, 0.29) is 29.4 Å². The van der Waals surface area contributed by atoms with E-state index in [2.05, 4.69) is 0 Å². The highest BCUT2D eigenvalue weighted by atomic mass is 16.5. The van der Waals surface area contributed by atoms with Crippen molar-refractivity contribution in [2.24, 2.45) is 0 Å². The van der Waals surface area contributed by atoms with Gasteiger partial charge in [0.15, 0.2) is 5.78 Å². The van der Waals surface area contributed by atoms with Gasteiger partial charge in [-0.25, -0.2) is 9.59 Å². The number of benzene rings is 3.